The van der Waals surface area contributed by atoms with Crippen LogP contribution in [-0.4, -0.2) is 36.1 Å². The number of nitro groups is 1. The highest BCUT2D eigenvalue weighted by molar-refractivity contribution is 5.48. The van der Waals surface area contributed by atoms with Crippen LogP contribution < -0.4 is 4.74 Å². The molecule has 0 radical (unpaired) electrons. The molecule has 0 spiro atoms. The molecule has 0 aliphatic carbocycles. The van der Waals surface area contributed by atoms with Crippen molar-refractivity contribution in [2.24, 2.45) is 5.92 Å². The van der Waals surface area contributed by atoms with Gasteiger partial charge in [-0.15, -0.1) is 0 Å². The summed E-state index contributed by atoms with van der Waals surface area (Å²) in [6.45, 7) is 8.06. The lowest BCUT2D eigenvalue weighted by atomic mass is 9.99. The Hall–Kier alpha value is -1.62. The number of hydrogen-bond donors (Lipinski definition) is 0. The average molecular weight is 292 g/mol. The van der Waals surface area contributed by atoms with E-state index >= 15 is 0 Å². The van der Waals surface area contributed by atoms with Gasteiger partial charge in [-0.2, -0.15) is 0 Å². The molecule has 1 fully saturated rings. The minimum Gasteiger partial charge on any atom is -0.487 e. The maximum absolute atomic E-state index is 11.0. The van der Waals surface area contributed by atoms with Crippen molar-refractivity contribution in [3.8, 4) is 5.75 Å². The summed E-state index contributed by atoms with van der Waals surface area (Å²) in [6.07, 6.45) is 3.44. The van der Waals surface area contributed by atoms with E-state index in [1.54, 1.807) is 12.1 Å². The van der Waals surface area contributed by atoms with Gasteiger partial charge in [0.05, 0.1) is 11.5 Å². The fourth-order valence-electron chi connectivity index (χ4n) is 2.64. The molecule has 5 nitrogen and oxygen atoms in total. The Morgan fingerprint density at radius 3 is 2.76 bits per heavy atom. The van der Waals surface area contributed by atoms with E-state index in [0.717, 1.165) is 37.5 Å². The molecule has 116 valence electrons. The van der Waals surface area contributed by atoms with Gasteiger partial charge in [-0.1, -0.05) is 13.0 Å². The van der Waals surface area contributed by atoms with Crippen LogP contribution in [0, 0.1) is 23.0 Å². The second-order valence-electron chi connectivity index (χ2n) is 5.95. The summed E-state index contributed by atoms with van der Waals surface area (Å²) in [5.41, 5.74) is 1.02. The third-order valence-electron chi connectivity index (χ3n) is 4.06. The standard InChI is InChI=1S/C16H24N2O3/c1-13-6-9-17(10-7-13)8-3-11-21-16-12-14(2)4-5-15(16)18(19)20/h4-5,12-13H,3,6-11H2,1-2H3. The molecular weight excluding hydrogens is 268 g/mol. The van der Waals surface area contributed by atoms with Gasteiger partial charge in [0.2, 0.25) is 0 Å². The predicted molar refractivity (Wildman–Crippen MR) is 82.8 cm³/mol. The van der Waals surface area contributed by atoms with Crippen molar-refractivity contribution in [1.82, 2.24) is 4.90 Å². The second kappa shape index (κ2) is 7.41. The number of aryl methyl sites for hydroxylation is 1. The van der Waals surface area contributed by atoms with Crippen LogP contribution in [0.4, 0.5) is 5.69 Å². The molecule has 0 aromatic heterocycles. The largest absolute Gasteiger partial charge is 0.487 e. The second-order valence-corrected chi connectivity index (χ2v) is 5.95. The Kier molecular flexibility index (Phi) is 5.56. The van der Waals surface area contributed by atoms with E-state index < -0.39 is 0 Å². The third-order valence-corrected chi connectivity index (χ3v) is 4.06. The van der Waals surface area contributed by atoms with Crippen molar-refractivity contribution >= 4 is 5.69 Å². The van der Waals surface area contributed by atoms with Crippen LogP contribution in [0.3, 0.4) is 0 Å². The number of ether oxygens (including phenoxy) is 1. The highest BCUT2D eigenvalue weighted by Gasteiger charge is 2.16. The van der Waals surface area contributed by atoms with Crippen molar-refractivity contribution in [3.05, 3.63) is 33.9 Å². The van der Waals surface area contributed by atoms with Crippen LogP contribution in [0.15, 0.2) is 18.2 Å². The lowest BCUT2D eigenvalue weighted by molar-refractivity contribution is -0.385. The van der Waals surface area contributed by atoms with Crippen molar-refractivity contribution in [2.45, 2.75) is 33.1 Å². The van der Waals surface area contributed by atoms with Gasteiger partial charge in [0, 0.05) is 12.6 Å². The summed E-state index contributed by atoms with van der Waals surface area (Å²) < 4.78 is 5.62. The van der Waals surface area contributed by atoms with Crippen LogP contribution in [0.25, 0.3) is 0 Å². The Labute approximate surface area is 126 Å². The molecule has 0 N–H and O–H groups in total. The first-order chi connectivity index (χ1) is 10.1. The van der Waals surface area contributed by atoms with Crippen molar-refractivity contribution < 1.29 is 9.66 Å². The first-order valence-electron chi connectivity index (χ1n) is 7.66. The number of piperidine rings is 1. The summed E-state index contributed by atoms with van der Waals surface area (Å²) in [5, 5.41) is 11.0. The predicted octanol–water partition coefficient (Wildman–Crippen LogP) is 3.40. The molecule has 1 saturated heterocycles. The topological polar surface area (TPSA) is 55.6 Å². The van der Waals surface area contributed by atoms with Crippen LogP contribution in [-0.2, 0) is 0 Å². The third kappa shape index (κ3) is 4.70. The maximum Gasteiger partial charge on any atom is 0.310 e. The molecule has 21 heavy (non-hydrogen) atoms. The Bertz CT molecular complexity index is 482. The summed E-state index contributed by atoms with van der Waals surface area (Å²) >= 11 is 0. The molecule has 1 aliphatic heterocycles. The number of likely N-dealkylation sites (tertiary alicyclic amines) is 1. The molecule has 1 aliphatic rings. The van der Waals surface area contributed by atoms with E-state index in [2.05, 4.69) is 11.8 Å². The maximum atomic E-state index is 11.0. The first kappa shape index (κ1) is 15.8. The minimum absolute atomic E-state index is 0.0485. The highest BCUT2D eigenvalue weighted by atomic mass is 16.6. The monoisotopic (exact) mass is 292 g/mol. The molecule has 0 bridgehead atoms. The van der Waals surface area contributed by atoms with Gasteiger partial charge >= 0.3 is 5.69 Å². The normalized spacial score (nSPS) is 16.9. The van der Waals surface area contributed by atoms with Crippen molar-refractivity contribution in [1.29, 1.82) is 0 Å². The van der Waals surface area contributed by atoms with E-state index in [9.17, 15) is 10.1 Å². The van der Waals surface area contributed by atoms with Crippen LogP contribution in [0.5, 0.6) is 5.75 Å². The molecule has 1 heterocycles. The van der Waals surface area contributed by atoms with Crippen LogP contribution in [0.1, 0.15) is 31.7 Å². The number of benzene rings is 1. The van der Waals surface area contributed by atoms with Crippen molar-refractivity contribution in [2.75, 3.05) is 26.2 Å². The molecule has 2 rings (SSSR count). The van der Waals surface area contributed by atoms with Gasteiger partial charge in [-0.05, 0) is 56.8 Å². The summed E-state index contributed by atoms with van der Waals surface area (Å²) in [4.78, 5) is 13.0. The fraction of sp³-hybridized carbons (Fsp3) is 0.625. The molecule has 1 aromatic carbocycles. The highest BCUT2D eigenvalue weighted by Crippen LogP contribution is 2.27. The molecular formula is C16H24N2O3. The molecule has 0 atom stereocenters. The fourth-order valence-corrected chi connectivity index (χ4v) is 2.64. The van der Waals surface area contributed by atoms with Gasteiger partial charge in [-0.3, -0.25) is 10.1 Å². The Morgan fingerprint density at radius 1 is 1.38 bits per heavy atom. The SMILES string of the molecule is Cc1ccc([N+](=O)[O-])c(OCCCN2CCC(C)CC2)c1. The van der Waals surface area contributed by atoms with E-state index in [1.807, 2.05) is 6.92 Å². The van der Waals surface area contributed by atoms with E-state index in [-0.39, 0.29) is 10.6 Å². The van der Waals surface area contributed by atoms with Gasteiger partial charge in [0.15, 0.2) is 5.75 Å². The lowest BCUT2D eigenvalue weighted by Gasteiger charge is -2.30. The molecule has 0 amide bonds. The minimum atomic E-state index is -0.388. The Balaban J connectivity index is 1.78. The first-order valence-corrected chi connectivity index (χ1v) is 7.66. The quantitative estimate of drug-likeness (QED) is 0.458. The molecule has 0 unspecified atom stereocenters. The van der Waals surface area contributed by atoms with Crippen molar-refractivity contribution in [3.63, 3.8) is 0 Å². The average Bonchev–Trinajstić information content (AvgIpc) is 2.45. The van der Waals surface area contributed by atoms with Crippen LogP contribution in [0.2, 0.25) is 0 Å². The molecule has 0 saturated carbocycles. The van der Waals surface area contributed by atoms with Gasteiger partial charge in [0.25, 0.3) is 0 Å². The zero-order valence-electron chi connectivity index (χ0n) is 12.9. The number of rotatable bonds is 6. The number of nitro benzene ring substituents is 1. The summed E-state index contributed by atoms with van der Waals surface area (Å²) in [5.74, 6) is 1.22. The van der Waals surface area contributed by atoms with Gasteiger partial charge in [-0.25, -0.2) is 0 Å². The zero-order chi connectivity index (χ0) is 15.2. The molecule has 5 heteroatoms. The summed E-state index contributed by atoms with van der Waals surface area (Å²) in [6, 6.07) is 4.98. The smallest absolute Gasteiger partial charge is 0.310 e. The Morgan fingerprint density at radius 2 is 2.10 bits per heavy atom. The van der Waals surface area contributed by atoms with E-state index in [4.69, 9.17) is 4.74 Å². The lowest BCUT2D eigenvalue weighted by Crippen LogP contribution is -2.34. The number of hydrogen-bond acceptors (Lipinski definition) is 4. The van der Waals surface area contributed by atoms with E-state index in [0.29, 0.717) is 12.4 Å². The zero-order valence-corrected chi connectivity index (χ0v) is 12.9. The van der Waals surface area contributed by atoms with Gasteiger partial charge in [0.1, 0.15) is 0 Å². The van der Waals surface area contributed by atoms with Crippen LogP contribution >= 0.6 is 0 Å². The molecule has 1 aromatic rings. The summed E-state index contributed by atoms with van der Waals surface area (Å²) in [7, 11) is 0. The van der Waals surface area contributed by atoms with E-state index in [1.165, 1.54) is 18.9 Å². The number of nitrogens with zero attached hydrogens (tertiary/aromatic N) is 2. The van der Waals surface area contributed by atoms with Gasteiger partial charge < -0.3 is 9.64 Å².